The number of nitriles is 1. The molecule has 2 rings (SSSR count). The molecule has 0 saturated heterocycles. The summed E-state index contributed by atoms with van der Waals surface area (Å²) < 4.78 is 0. The van der Waals surface area contributed by atoms with Crippen LogP contribution in [0, 0.1) is 11.3 Å². The first-order chi connectivity index (χ1) is 7.22. The van der Waals surface area contributed by atoms with Gasteiger partial charge < -0.3 is 0 Å². The topological polar surface area (TPSA) is 44.1 Å². The Hall–Kier alpha value is -2.08. The molecular formula is C12H10N2O. The Morgan fingerprint density at radius 2 is 2.20 bits per heavy atom. The second kappa shape index (κ2) is 3.58. The van der Waals surface area contributed by atoms with E-state index in [1.165, 1.54) is 11.8 Å². The molecule has 74 valence electrons. The maximum absolute atomic E-state index is 11.4. The molecule has 1 amide bonds. The van der Waals surface area contributed by atoms with Gasteiger partial charge in [-0.3, -0.25) is 9.69 Å². The van der Waals surface area contributed by atoms with Crippen molar-refractivity contribution < 1.29 is 4.79 Å². The Bertz CT molecular complexity index is 483. The molecule has 1 aromatic carbocycles. The number of anilines is 1. The number of allylic oxidation sites excluding steroid dienone is 1. The van der Waals surface area contributed by atoms with E-state index in [1.807, 2.05) is 24.3 Å². The molecule has 0 aromatic heterocycles. The van der Waals surface area contributed by atoms with Crippen molar-refractivity contribution in [1.29, 1.82) is 5.26 Å². The number of nitrogens with zero attached hydrogens (tertiary/aromatic N) is 2. The van der Waals surface area contributed by atoms with Crippen LogP contribution in [0.1, 0.15) is 12.5 Å². The Morgan fingerprint density at radius 3 is 2.87 bits per heavy atom. The standard InChI is InChI=1S/C12H10N2O/c1-9(15)14-8-10(7-13)6-11-4-2-3-5-12(11)14/h2-5,8H,6H2,1H3. The fourth-order valence-electron chi connectivity index (χ4n) is 1.70. The van der Waals surface area contributed by atoms with Crippen LogP contribution in [-0.4, -0.2) is 5.91 Å². The van der Waals surface area contributed by atoms with Gasteiger partial charge in [-0.05, 0) is 11.6 Å². The SMILES string of the molecule is CC(=O)N1C=C(C#N)Cc2ccccc21. The first kappa shape index (κ1) is 9.47. The second-order valence-corrected chi connectivity index (χ2v) is 3.46. The van der Waals surface area contributed by atoms with Crippen molar-refractivity contribution >= 4 is 11.6 Å². The van der Waals surface area contributed by atoms with Crippen molar-refractivity contribution in [3.8, 4) is 6.07 Å². The van der Waals surface area contributed by atoms with Gasteiger partial charge in [0.25, 0.3) is 0 Å². The predicted molar refractivity (Wildman–Crippen MR) is 57.0 cm³/mol. The molecule has 15 heavy (non-hydrogen) atoms. The van der Waals surface area contributed by atoms with E-state index in [2.05, 4.69) is 6.07 Å². The molecular weight excluding hydrogens is 188 g/mol. The molecule has 0 fully saturated rings. The van der Waals surface area contributed by atoms with E-state index in [1.54, 1.807) is 6.20 Å². The molecule has 3 heteroatoms. The molecule has 0 spiro atoms. The molecule has 0 saturated carbocycles. The molecule has 0 N–H and O–H groups in total. The molecule has 1 heterocycles. The highest BCUT2D eigenvalue weighted by Gasteiger charge is 2.19. The summed E-state index contributed by atoms with van der Waals surface area (Å²) in [5, 5.41) is 8.86. The van der Waals surface area contributed by atoms with Gasteiger partial charge in [0.05, 0.1) is 17.3 Å². The highest BCUT2D eigenvalue weighted by molar-refractivity contribution is 5.95. The summed E-state index contributed by atoms with van der Waals surface area (Å²) in [7, 11) is 0. The lowest BCUT2D eigenvalue weighted by Crippen LogP contribution is -2.26. The number of fused-ring (bicyclic) bond motifs is 1. The van der Waals surface area contributed by atoms with Gasteiger partial charge in [-0.25, -0.2) is 0 Å². The van der Waals surface area contributed by atoms with Crippen LogP contribution in [0.25, 0.3) is 0 Å². The lowest BCUT2D eigenvalue weighted by molar-refractivity contribution is -0.116. The summed E-state index contributed by atoms with van der Waals surface area (Å²) in [5.74, 6) is -0.0742. The Morgan fingerprint density at radius 1 is 1.47 bits per heavy atom. The highest BCUT2D eigenvalue weighted by atomic mass is 16.2. The van der Waals surface area contributed by atoms with E-state index in [4.69, 9.17) is 5.26 Å². The van der Waals surface area contributed by atoms with Gasteiger partial charge >= 0.3 is 0 Å². The summed E-state index contributed by atoms with van der Waals surface area (Å²) in [6.45, 7) is 1.49. The van der Waals surface area contributed by atoms with E-state index in [9.17, 15) is 4.79 Å². The van der Waals surface area contributed by atoms with Crippen LogP contribution in [0.3, 0.4) is 0 Å². The number of carbonyl (C=O) groups excluding carboxylic acids is 1. The van der Waals surface area contributed by atoms with Gasteiger partial charge in [0.15, 0.2) is 0 Å². The summed E-state index contributed by atoms with van der Waals surface area (Å²) in [4.78, 5) is 12.9. The number of amides is 1. The van der Waals surface area contributed by atoms with Crippen molar-refractivity contribution in [3.63, 3.8) is 0 Å². The Kier molecular flexibility index (Phi) is 2.26. The average molecular weight is 198 g/mol. The molecule has 0 unspecified atom stereocenters. The number of rotatable bonds is 0. The predicted octanol–water partition coefficient (Wildman–Crippen LogP) is 2.00. The summed E-state index contributed by atoms with van der Waals surface area (Å²) >= 11 is 0. The third kappa shape index (κ3) is 1.62. The summed E-state index contributed by atoms with van der Waals surface area (Å²) in [6.07, 6.45) is 2.22. The minimum absolute atomic E-state index is 0.0742. The van der Waals surface area contributed by atoms with Crippen LogP contribution in [0.15, 0.2) is 36.0 Å². The van der Waals surface area contributed by atoms with Crippen molar-refractivity contribution in [3.05, 3.63) is 41.6 Å². The van der Waals surface area contributed by atoms with Crippen LogP contribution in [0.4, 0.5) is 5.69 Å². The van der Waals surface area contributed by atoms with Gasteiger partial charge in [0.2, 0.25) is 5.91 Å². The van der Waals surface area contributed by atoms with Crippen LogP contribution in [-0.2, 0) is 11.2 Å². The molecule has 0 bridgehead atoms. The van der Waals surface area contributed by atoms with Crippen molar-refractivity contribution in [2.75, 3.05) is 4.90 Å². The summed E-state index contributed by atoms with van der Waals surface area (Å²) in [5.41, 5.74) is 2.51. The van der Waals surface area contributed by atoms with Crippen LogP contribution >= 0.6 is 0 Å². The maximum Gasteiger partial charge on any atom is 0.227 e. The zero-order chi connectivity index (χ0) is 10.8. The Labute approximate surface area is 88.2 Å². The van der Waals surface area contributed by atoms with Crippen molar-refractivity contribution in [1.82, 2.24) is 0 Å². The third-order valence-corrected chi connectivity index (χ3v) is 2.40. The number of hydrogen-bond acceptors (Lipinski definition) is 2. The number of para-hydroxylation sites is 1. The fraction of sp³-hybridized carbons (Fsp3) is 0.167. The van der Waals surface area contributed by atoms with Crippen LogP contribution in [0.5, 0.6) is 0 Å². The first-order valence-corrected chi connectivity index (χ1v) is 4.71. The van der Waals surface area contributed by atoms with Gasteiger partial charge in [0, 0.05) is 19.5 Å². The lowest BCUT2D eigenvalue weighted by atomic mass is 10.0. The average Bonchev–Trinajstić information content (AvgIpc) is 2.27. The van der Waals surface area contributed by atoms with Crippen LogP contribution in [0.2, 0.25) is 0 Å². The van der Waals surface area contributed by atoms with E-state index in [-0.39, 0.29) is 5.91 Å². The van der Waals surface area contributed by atoms with Crippen LogP contribution < -0.4 is 4.90 Å². The van der Waals surface area contributed by atoms with Gasteiger partial charge in [-0.15, -0.1) is 0 Å². The number of carbonyl (C=O) groups is 1. The second-order valence-electron chi connectivity index (χ2n) is 3.46. The van der Waals surface area contributed by atoms with E-state index < -0.39 is 0 Å². The summed E-state index contributed by atoms with van der Waals surface area (Å²) in [6, 6.07) is 9.73. The fourth-order valence-corrected chi connectivity index (χ4v) is 1.70. The highest BCUT2D eigenvalue weighted by Crippen LogP contribution is 2.28. The molecule has 0 atom stereocenters. The number of hydrogen-bond donors (Lipinski definition) is 0. The maximum atomic E-state index is 11.4. The molecule has 1 aliphatic rings. The van der Waals surface area contributed by atoms with E-state index in [0.29, 0.717) is 12.0 Å². The minimum Gasteiger partial charge on any atom is -0.287 e. The molecule has 3 nitrogen and oxygen atoms in total. The normalized spacial score (nSPS) is 13.9. The van der Waals surface area contributed by atoms with Gasteiger partial charge in [-0.2, -0.15) is 5.26 Å². The van der Waals surface area contributed by atoms with E-state index in [0.717, 1.165) is 11.3 Å². The Balaban J connectivity index is 2.53. The van der Waals surface area contributed by atoms with Gasteiger partial charge in [-0.1, -0.05) is 18.2 Å². The molecule has 1 aromatic rings. The van der Waals surface area contributed by atoms with E-state index >= 15 is 0 Å². The number of benzene rings is 1. The van der Waals surface area contributed by atoms with Crippen molar-refractivity contribution in [2.45, 2.75) is 13.3 Å². The minimum atomic E-state index is -0.0742. The zero-order valence-corrected chi connectivity index (χ0v) is 8.40. The first-order valence-electron chi connectivity index (χ1n) is 4.71. The zero-order valence-electron chi connectivity index (χ0n) is 8.40. The smallest absolute Gasteiger partial charge is 0.227 e. The van der Waals surface area contributed by atoms with Gasteiger partial charge in [0.1, 0.15) is 0 Å². The largest absolute Gasteiger partial charge is 0.287 e. The molecule has 0 radical (unpaired) electrons. The third-order valence-electron chi connectivity index (χ3n) is 2.40. The molecule has 1 aliphatic heterocycles. The monoisotopic (exact) mass is 198 g/mol. The van der Waals surface area contributed by atoms with Crippen molar-refractivity contribution in [2.24, 2.45) is 0 Å². The molecule has 0 aliphatic carbocycles. The quantitative estimate of drug-likeness (QED) is 0.640. The lowest BCUT2D eigenvalue weighted by Gasteiger charge is -2.24.